The molecule has 0 atom stereocenters. The number of amides is 2. The second-order valence-corrected chi connectivity index (χ2v) is 7.70. The quantitative estimate of drug-likeness (QED) is 0.550. The van der Waals surface area contributed by atoms with Crippen molar-refractivity contribution >= 4 is 34.8 Å². The van der Waals surface area contributed by atoms with Gasteiger partial charge in [0.2, 0.25) is 0 Å². The van der Waals surface area contributed by atoms with E-state index in [1.807, 2.05) is 43.3 Å². The summed E-state index contributed by atoms with van der Waals surface area (Å²) >= 11 is 6.08. The van der Waals surface area contributed by atoms with Crippen LogP contribution in [0.15, 0.2) is 48.5 Å². The van der Waals surface area contributed by atoms with E-state index in [4.69, 9.17) is 11.6 Å². The van der Waals surface area contributed by atoms with Crippen molar-refractivity contribution < 1.29 is 19.4 Å². The number of hydrogen-bond donors (Lipinski definition) is 4. The number of quaternary nitrogens is 2. The molecule has 0 bridgehead atoms. The zero-order chi connectivity index (χ0) is 19.9. The van der Waals surface area contributed by atoms with Crippen LogP contribution in [-0.4, -0.2) is 51.1 Å². The van der Waals surface area contributed by atoms with Gasteiger partial charge in [-0.05, 0) is 31.2 Å². The lowest BCUT2D eigenvalue weighted by molar-refractivity contribution is -1.00. The average molecular weight is 403 g/mol. The zero-order valence-electron chi connectivity index (χ0n) is 16.1. The van der Waals surface area contributed by atoms with E-state index >= 15 is 0 Å². The van der Waals surface area contributed by atoms with Gasteiger partial charge in [-0.2, -0.15) is 0 Å². The van der Waals surface area contributed by atoms with Gasteiger partial charge in [0.15, 0.2) is 13.1 Å². The Morgan fingerprint density at radius 3 is 1.96 bits per heavy atom. The largest absolute Gasteiger partial charge is 0.321 e. The van der Waals surface area contributed by atoms with Gasteiger partial charge in [-0.15, -0.1) is 0 Å². The number of anilines is 2. The second-order valence-electron chi connectivity index (χ2n) is 7.30. The van der Waals surface area contributed by atoms with Crippen LogP contribution >= 0.6 is 11.6 Å². The van der Waals surface area contributed by atoms with Crippen LogP contribution < -0.4 is 20.4 Å². The molecule has 1 aliphatic heterocycles. The topological polar surface area (TPSA) is 67.1 Å². The molecule has 7 heteroatoms. The van der Waals surface area contributed by atoms with E-state index in [1.54, 1.807) is 12.1 Å². The number of aryl methyl sites for hydroxylation is 1. The van der Waals surface area contributed by atoms with Crippen molar-refractivity contribution in [3.05, 3.63) is 59.1 Å². The third-order valence-electron chi connectivity index (χ3n) is 4.97. The van der Waals surface area contributed by atoms with Crippen molar-refractivity contribution in [2.75, 3.05) is 49.9 Å². The van der Waals surface area contributed by atoms with E-state index in [2.05, 4.69) is 10.6 Å². The zero-order valence-corrected chi connectivity index (χ0v) is 16.8. The molecule has 3 rings (SSSR count). The molecule has 0 spiro atoms. The Morgan fingerprint density at radius 2 is 1.39 bits per heavy atom. The molecule has 2 aromatic carbocycles. The first-order valence-electron chi connectivity index (χ1n) is 9.57. The SMILES string of the molecule is Cc1ccc(NC(=O)C[NH+]2CC[NH+](CC(=O)Nc3ccccc3Cl)CC2)cc1. The van der Waals surface area contributed by atoms with Crippen LogP contribution in [0.5, 0.6) is 0 Å². The molecule has 0 unspecified atom stereocenters. The minimum Gasteiger partial charge on any atom is -0.321 e. The summed E-state index contributed by atoms with van der Waals surface area (Å²) < 4.78 is 0. The molecule has 2 amide bonds. The van der Waals surface area contributed by atoms with Crippen LogP contribution in [0, 0.1) is 6.92 Å². The lowest BCUT2D eigenvalue weighted by Gasteiger charge is -2.29. The van der Waals surface area contributed by atoms with Crippen LogP contribution in [-0.2, 0) is 9.59 Å². The predicted octanol–water partition coefficient (Wildman–Crippen LogP) is 0.00902. The first kappa shape index (κ1) is 20.3. The van der Waals surface area contributed by atoms with Crippen LogP contribution in [0.4, 0.5) is 11.4 Å². The molecular weight excluding hydrogens is 376 g/mol. The van der Waals surface area contributed by atoms with E-state index in [-0.39, 0.29) is 11.8 Å². The van der Waals surface area contributed by atoms with E-state index in [1.165, 1.54) is 15.4 Å². The predicted molar refractivity (Wildman–Crippen MR) is 111 cm³/mol. The number of carbonyl (C=O) groups is 2. The smallest absolute Gasteiger partial charge is 0.279 e. The summed E-state index contributed by atoms with van der Waals surface area (Å²) in [6.45, 7) is 6.35. The Bertz CT molecular complexity index is 817. The molecule has 1 heterocycles. The van der Waals surface area contributed by atoms with Crippen molar-refractivity contribution in [1.82, 2.24) is 0 Å². The summed E-state index contributed by atoms with van der Waals surface area (Å²) in [6.07, 6.45) is 0. The number of benzene rings is 2. The van der Waals surface area contributed by atoms with Gasteiger partial charge in [0.1, 0.15) is 26.2 Å². The third-order valence-corrected chi connectivity index (χ3v) is 5.30. The number of hydrogen-bond acceptors (Lipinski definition) is 2. The normalized spacial score (nSPS) is 19.1. The highest BCUT2D eigenvalue weighted by atomic mass is 35.5. The summed E-state index contributed by atoms with van der Waals surface area (Å²) in [6, 6.07) is 15.0. The molecule has 0 saturated carbocycles. The molecule has 0 aromatic heterocycles. The number of nitrogens with one attached hydrogen (secondary N) is 4. The van der Waals surface area contributed by atoms with E-state index < -0.39 is 0 Å². The molecule has 28 heavy (non-hydrogen) atoms. The monoisotopic (exact) mass is 402 g/mol. The van der Waals surface area contributed by atoms with Gasteiger partial charge in [-0.25, -0.2) is 0 Å². The Morgan fingerprint density at radius 1 is 0.857 bits per heavy atom. The number of halogens is 1. The first-order valence-corrected chi connectivity index (χ1v) is 9.95. The average Bonchev–Trinajstić information content (AvgIpc) is 2.67. The number of rotatable bonds is 6. The highest BCUT2D eigenvalue weighted by molar-refractivity contribution is 6.33. The highest BCUT2D eigenvalue weighted by Crippen LogP contribution is 2.19. The molecule has 0 aliphatic carbocycles. The van der Waals surface area contributed by atoms with Gasteiger partial charge in [-0.3, -0.25) is 9.59 Å². The Hall–Kier alpha value is -2.41. The van der Waals surface area contributed by atoms with Crippen LogP contribution in [0.1, 0.15) is 5.56 Å². The Kier molecular flexibility index (Phi) is 7.03. The third kappa shape index (κ3) is 6.05. The van der Waals surface area contributed by atoms with Gasteiger partial charge < -0.3 is 20.4 Å². The van der Waals surface area contributed by atoms with Crippen LogP contribution in [0.2, 0.25) is 5.02 Å². The molecule has 0 radical (unpaired) electrons. The maximum atomic E-state index is 12.3. The number of para-hydroxylation sites is 1. The fourth-order valence-corrected chi connectivity index (χ4v) is 3.55. The standard InChI is InChI=1S/C21H25ClN4O2/c1-16-6-8-17(9-7-16)23-20(27)14-25-10-12-26(13-11-25)15-21(28)24-19-5-3-2-4-18(19)22/h2-9H,10-15H2,1H3,(H,23,27)(H,24,28)/p+2. The van der Waals surface area contributed by atoms with Crippen molar-refractivity contribution in [2.24, 2.45) is 0 Å². The van der Waals surface area contributed by atoms with Gasteiger partial charge in [0.25, 0.3) is 11.8 Å². The van der Waals surface area contributed by atoms with E-state index in [9.17, 15) is 9.59 Å². The van der Waals surface area contributed by atoms with Crippen LogP contribution in [0.25, 0.3) is 0 Å². The van der Waals surface area contributed by atoms with Gasteiger partial charge in [0, 0.05) is 5.69 Å². The lowest BCUT2D eigenvalue weighted by atomic mass is 10.2. The van der Waals surface area contributed by atoms with Crippen molar-refractivity contribution in [2.45, 2.75) is 6.92 Å². The minimum atomic E-state index is -0.0383. The van der Waals surface area contributed by atoms with E-state index in [0.717, 1.165) is 31.9 Å². The van der Waals surface area contributed by atoms with Gasteiger partial charge >= 0.3 is 0 Å². The van der Waals surface area contributed by atoms with Crippen molar-refractivity contribution in [1.29, 1.82) is 0 Å². The Balaban J connectivity index is 1.39. The van der Waals surface area contributed by atoms with Crippen molar-refractivity contribution in [3.8, 4) is 0 Å². The summed E-state index contributed by atoms with van der Waals surface area (Å²) in [5.74, 6) is -0.0116. The summed E-state index contributed by atoms with van der Waals surface area (Å²) in [4.78, 5) is 27.0. The second kappa shape index (κ2) is 9.68. The highest BCUT2D eigenvalue weighted by Gasteiger charge is 2.26. The summed E-state index contributed by atoms with van der Waals surface area (Å²) in [5, 5.41) is 6.36. The molecule has 2 aromatic rings. The minimum absolute atomic E-state index is 0.0266. The van der Waals surface area contributed by atoms with Gasteiger partial charge in [0.05, 0.1) is 10.7 Å². The molecule has 1 aliphatic rings. The summed E-state index contributed by atoms with van der Waals surface area (Å²) in [7, 11) is 0. The molecule has 148 valence electrons. The molecule has 1 saturated heterocycles. The lowest BCUT2D eigenvalue weighted by Crippen LogP contribution is -3.28. The fourth-order valence-electron chi connectivity index (χ4n) is 3.36. The fraction of sp³-hybridized carbons (Fsp3) is 0.333. The van der Waals surface area contributed by atoms with Crippen molar-refractivity contribution in [3.63, 3.8) is 0 Å². The molecule has 4 N–H and O–H groups in total. The van der Waals surface area contributed by atoms with E-state index in [0.29, 0.717) is 23.8 Å². The molecule has 1 fully saturated rings. The maximum Gasteiger partial charge on any atom is 0.279 e. The Labute approximate surface area is 170 Å². The molecule has 6 nitrogen and oxygen atoms in total. The first-order chi connectivity index (χ1) is 13.5. The van der Waals surface area contributed by atoms with Crippen LogP contribution in [0.3, 0.4) is 0 Å². The maximum absolute atomic E-state index is 12.3. The molecular formula is C21H27ClN4O2+2. The van der Waals surface area contributed by atoms with Gasteiger partial charge in [-0.1, -0.05) is 41.4 Å². The number of carbonyl (C=O) groups excluding carboxylic acids is 2. The number of piperazine rings is 1. The summed E-state index contributed by atoms with van der Waals surface area (Å²) in [5.41, 5.74) is 2.64.